The number of anilines is 1. The fraction of sp³-hybridized carbons (Fsp3) is 0.167. The number of carbonyl (C=O) groups is 2. The van der Waals surface area contributed by atoms with Crippen LogP contribution in [0.5, 0.6) is 0 Å². The van der Waals surface area contributed by atoms with E-state index in [2.05, 4.69) is 26.1 Å². The Morgan fingerprint density at radius 2 is 1.50 bits per heavy atom. The average Bonchev–Trinajstić information content (AvgIpc) is 2.67. The molecular formula is C24H22FNO2. The highest BCUT2D eigenvalue weighted by Crippen LogP contribution is 2.23. The molecule has 142 valence electrons. The van der Waals surface area contributed by atoms with Crippen LogP contribution in [0.2, 0.25) is 0 Å². The summed E-state index contributed by atoms with van der Waals surface area (Å²) in [5.74, 6) is -1.29. The Morgan fingerprint density at radius 1 is 0.821 bits per heavy atom. The van der Waals surface area contributed by atoms with Gasteiger partial charge in [0.2, 0.25) is 0 Å². The van der Waals surface area contributed by atoms with E-state index in [1.165, 1.54) is 18.2 Å². The van der Waals surface area contributed by atoms with Crippen molar-refractivity contribution >= 4 is 17.4 Å². The number of benzene rings is 3. The van der Waals surface area contributed by atoms with E-state index in [-0.39, 0.29) is 16.8 Å². The van der Waals surface area contributed by atoms with Gasteiger partial charge in [0.05, 0.1) is 5.56 Å². The number of carbonyl (C=O) groups excluding carboxylic acids is 2. The van der Waals surface area contributed by atoms with Crippen LogP contribution in [-0.2, 0) is 5.41 Å². The van der Waals surface area contributed by atoms with Crippen molar-refractivity contribution in [3.8, 4) is 0 Å². The Morgan fingerprint density at radius 3 is 2.14 bits per heavy atom. The van der Waals surface area contributed by atoms with Crippen molar-refractivity contribution in [3.63, 3.8) is 0 Å². The number of ketones is 1. The fourth-order valence-electron chi connectivity index (χ4n) is 2.87. The maximum Gasteiger partial charge on any atom is 0.258 e. The zero-order valence-corrected chi connectivity index (χ0v) is 16.1. The minimum absolute atomic E-state index is 0.0124. The largest absolute Gasteiger partial charge is 0.322 e. The average molecular weight is 375 g/mol. The first kappa shape index (κ1) is 19.5. The summed E-state index contributed by atoms with van der Waals surface area (Å²) < 4.78 is 13.8. The van der Waals surface area contributed by atoms with Gasteiger partial charge in [-0.3, -0.25) is 9.59 Å². The first-order valence-electron chi connectivity index (χ1n) is 9.07. The van der Waals surface area contributed by atoms with Crippen LogP contribution in [0.15, 0.2) is 72.8 Å². The molecule has 3 aromatic rings. The highest BCUT2D eigenvalue weighted by atomic mass is 19.1. The van der Waals surface area contributed by atoms with Crippen molar-refractivity contribution in [1.82, 2.24) is 0 Å². The standard InChI is InChI=1S/C24H22FNO2/c1-24(2,3)18-13-11-16(12-14-18)22(27)17-7-6-8-19(15-17)26-23(28)20-9-4-5-10-21(20)25/h4-15H,1-3H3,(H,26,28). The zero-order valence-electron chi connectivity index (χ0n) is 16.1. The predicted molar refractivity (Wildman–Crippen MR) is 109 cm³/mol. The van der Waals surface area contributed by atoms with Gasteiger partial charge in [-0.1, -0.05) is 69.3 Å². The molecule has 0 atom stereocenters. The molecule has 28 heavy (non-hydrogen) atoms. The van der Waals surface area contributed by atoms with E-state index in [1.54, 1.807) is 30.3 Å². The van der Waals surface area contributed by atoms with E-state index < -0.39 is 11.7 Å². The number of amides is 1. The Hall–Kier alpha value is -3.27. The summed E-state index contributed by atoms with van der Waals surface area (Å²) in [7, 11) is 0. The van der Waals surface area contributed by atoms with Crippen LogP contribution in [0, 0.1) is 5.82 Å². The van der Waals surface area contributed by atoms with Crippen LogP contribution in [0.1, 0.15) is 52.6 Å². The van der Waals surface area contributed by atoms with Gasteiger partial charge >= 0.3 is 0 Å². The second kappa shape index (κ2) is 7.77. The van der Waals surface area contributed by atoms with Crippen molar-refractivity contribution in [2.24, 2.45) is 0 Å². The van der Waals surface area contributed by atoms with Gasteiger partial charge in [-0.15, -0.1) is 0 Å². The molecule has 0 aliphatic carbocycles. The van der Waals surface area contributed by atoms with Crippen LogP contribution in [0.4, 0.5) is 10.1 Å². The van der Waals surface area contributed by atoms with E-state index in [1.807, 2.05) is 24.3 Å². The maximum absolute atomic E-state index is 13.8. The lowest BCUT2D eigenvalue weighted by Gasteiger charge is -2.19. The summed E-state index contributed by atoms with van der Waals surface area (Å²) in [5, 5.41) is 2.64. The number of halogens is 1. The molecule has 0 aliphatic rings. The summed E-state index contributed by atoms with van der Waals surface area (Å²) in [4.78, 5) is 25.1. The Balaban J connectivity index is 1.80. The first-order valence-corrected chi connectivity index (χ1v) is 9.07. The van der Waals surface area contributed by atoms with Crippen molar-refractivity contribution < 1.29 is 14.0 Å². The van der Waals surface area contributed by atoms with Gasteiger partial charge in [0, 0.05) is 16.8 Å². The second-order valence-electron chi connectivity index (χ2n) is 7.67. The molecular weight excluding hydrogens is 353 g/mol. The fourth-order valence-corrected chi connectivity index (χ4v) is 2.87. The van der Waals surface area contributed by atoms with Crippen LogP contribution in [-0.4, -0.2) is 11.7 Å². The molecule has 0 spiro atoms. The normalized spacial score (nSPS) is 11.1. The summed E-state index contributed by atoms with van der Waals surface area (Å²) in [6.07, 6.45) is 0. The Kier molecular flexibility index (Phi) is 5.41. The molecule has 0 saturated heterocycles. The van der Waals surface area contributed by atoms with E-state index in [0.29, 0.717) is 16.8 Å². The van der Waals surface area contributed by atoms with Crippen molar-refractivity contribution in [1.29, 1.82) is 0 Å². The topological polar surface area (TPSA) is 46.2 Å². The number of hydrogen-bond donors (Lipinski definition) is 1. The van der Waals surface area contributed by atoms with Crippen molar-refractivity contribution in [2.45, 2.75) is 26.2 Å². The third-order valence-corrected chi connectivity index (χ3v) is 4.51. The molecule has 0 saturated carbocycles. The van der Waals surface area contributed by atoms with Crippen molar-refractivity contribution in [3.05, 3.63) is 101 Å². The third kappa shape index (κ3) is 4.34. The lowest BCUT2D eigenvalue weighted by Crippen LogP contribution is -2.14. The molecule has 1 N–H and O–H groups in total. The SMILES string of the molecule is CC(C)(C)c1ccc(C(=O)c2cccc(NC(=O)c3ccccc3F)c2)cc1. The minimum atomic E-state index is -0.592. The Bertz CT molecular complexity index is 1020. The van der Waals surface area contributed by atoms with Gasteiger partial charge in [-0.25, -0.2) is 4.39 Å². The molecule has 0 aliphatic heterocycles. The summed E-state index contributed by atoms with van der Waals surface area (Å²) >= 11 is 0. The number of rotatable bonds is 4. The molecule has 0 aromatic heterocycles. The molecule has 1 amide bonds. The van der Waals surface area contributed by atoms with Gasteiger partial charge in [0.1, 0.15) is 5.82 Å². The lowest BCUT2D eigenvalue weighted by molar-refractivity contribution is 0.101. The summed E-state index contributed by atoms with van der Waals surface area (Å²) in [5.41, 5.74) is 2.58. The molecule has 3 aromatic carbocycles. The molecule has 0 bridgehead atoms. The molecule has 0 unspecified atom stereocenters. The highest BCUT2D eigenvalue weighted by molar-refractivity contribution is 6.10. The van der Waals surface area contributed by atoms with E-state index in [0.717, 1.165) is 5.56 Å². The molecule has 0 heterocycles. The van der Waals surface area contributed by atoms with Crippen LogP contribution in [0.3, 0.4) is 0 Å². The lowest BCUT2D eigenvalue weighted by atomic mass is 9.86. The third-order valence-electron chi connectivity index (χ3n) is 4.51. The van der Waals surface area contributed by atoms with E-state index >= 15 is 0 Å². The monoisotopic (exact) mass is 375 g/mol. The second-order valence-corrected chi connectivity index (χ2v) is 7.67. The maximum atomic E-state index is 13.8. The highest BCUT2D eigenvalue weighted by Gasteiger charge is 2.16. The van der Waals surface area contributed by atoms with Crippen LogP contribution < -0.4 is 5.32 Å². The van der Waals surface area contributed by atoms with Gasteiger partial charge in [-0.2, -0.15) is 0 Å². The zero-order chi connectivity index (χ0) is 20.3. The van der Waals surface area contributed by atoms with Gasteiger partial charge in [0.25, 0.3) is 5.91 Å². The number of nitrogens with one attached hydrogen (secondary N) is 1. The van der Waals surface area contributed by atoms with E-state index in [4.69, 9.17) is 0 Å². The molecule has 0 fully saturated rings. The molecule has 0 radical (unpaired) electrons. The first-order chi connectivity index (χ1) is 13.3. The molecule has 4 heteroatoms. The predicted octanol–water partition coefficient (Wildman–Crippen LogP) is 5.61. The smallest absolute Gasteiger partial charge is 0.258 e. The number of hydrogen-bond acceptors (Lipinski definition) is 2. The van der Waals surface area contributed by atoms with Gasteiger partial charge in [0.15, 0.2) is 5.78 Å². The van der Waals surface area contributed by atoms with Crippen molar-refractivity contribution in [2.75, 3.05) is 5.32 Å². The summed E-state index contributed by atoms with van der Waals surface area (Å²) in [6, 6.07) is 19.9. The Labute approximate surface area is 164 Å². The van der Waals surface area contributed by atoms with Gasteiger partial charge in [-0.05, 0) is 35.2 Å². The van der Waals surface area contributed by atoms with Crippen LogP contribution >= 0.6 is 0 Å². The summed E-state index contributed by atoms with van der Waals surface area (Å²) in [6.45, 7) is 6.35. The molecule has 3 rings (SSSR count). The quantitative estimate of drug-likeness (QED) is 0.603. The van der Waals surface area contributed by atoms with E-state index in [9.17, 15) is 14.0 Å². The molecule has 3 nitrogen and oxygen atoms in total. The van der Waals surface area contributed by atoms with Gasteiger partial charge < -0.3 is 5.32 Å². The van der Waals surface area contributed by atoms with Crippen LogP contribution in [0.25, 0.3) is 0 Å². The minimum Gasteiger partial charge on any atom is -0.322 e.